The van der Waals surface area contributed by atoms with E-state index in [1.165, 1.54) is 15.2 Å². The Morgan fingerprint density at radius 2 is 2.25 bits per heavy atom. The first-order valence-electron chi connectivity index (χ1n) is 9.30. The van der Waals surface area contributed by atoms with E-state index in [-0.39, 0.29) is 31.9 Å². The lowest BCUT2D eigenvalue weighted by atomic mass is 10.0. The van der Waals surface area contributed by atoms with Gasteiger partial charge in [0, 0.05) is 21.2 Å². The molecule has 2 aromatic carbocycles. The van der Waals surface area contributed by atoms with Gasteiger partial charge in [0.1, 0.15) is 23.5 Å². The van der Waals surface area contributed by atoms with E-state index in [0.717, 1.165) is 43.0 Å². The number of aliphatic imine (C=N–C) groups is 1. The van der Waals surface area contributed by atoms with Crippen LogP contribution in [0.25, 0.3) is 0 Å². The highest BCUT2D eigenvalue weighted by atomic mass is 127. The van der Waals surface area contributed by atoms with Gasteiger partial charge in [0.05, 0.1) is 22.4 Å². The van der Waals surface area contributed by atoms with Gasteiger partial charge in [-0.05, 0) is 42.3 Å². The van der Waals surface area contributed by atoms with Crippen molar-refractivity contribution in [3.05, 3.63) is 55.9 Å². The van der Waals surface area contributed by atoms with Gasteiger partial charge in [-0.15, -0.1) is 0 Å². The van der Waals surface area contributed by atoms with Crippen molar-refractivity contribution in [3.8, 4) is 5.75 Å². The molecule has 0 aromatic heterocycles. The van der Waals surface area contributed by atoms with Crippen LogP contribution in [0.2, 0.25) is 5.02 Å². The van der Waals surface area contributed by atoms with Gasteiger partial charge in [0.25, 0.3) is 0 Å². The first-order chi connectivity index (χ1) is 13.6. The summed E-state index contributed by atoms with van der Waals surface area (Å²) in [6.07, 6.45) is 3.04. The summed E-state index contributed by atoms with van der Waals surface area (Å²) >= 11 is 5.59. The highest BCUT2D eigenvalue weighted by Crippen LogP contribution is 2.32. The van der Waals surface area contributed by atoms with E-state index in [0.29, 0.717) is 12.3 Å². The van der Waals surface area contributed by atoms with E-state index < -0.39 is 5.82 Å². The Labute approximate surface area is 178 Å². The van der Waals surface area contributed by atoms with Gasteiger partial charge in [0.2, 0.25) is 0 Å². The summed E-state index contributed by atoms with van der Waals surface area (Å²) in [6.45, 7) is 3.58. The zero-order chi connectivity index (χ0) is 19.5. The van der Waals surface area contributed by atoms with Crippen LogP contribution in [0, 0.1) is 9.39 Å². The van der Waals surface area contributed by atoms with Crippen LogP contribution in [0.5, 0.6) is 5.75 Å². The lowest BCUT2D eigenvalue weighted by Gasteiger charge is -2.20. The third-order valence-electron chi connectivity index (χ3n) is 4.63. The average molecular weight is 515 g/mol. The van der Waals surface area contributed by atoms with Gasteiger partial charge >= 0.3 is 0 Å². The molecule has 2 heterocycles. The minimum Gasteiger partial charge on any atom is -0.488 e. The fourth-order valence-electron chi connectivity index (χ4n) is 3.24. The predicted octanol–water partition coefficient (Wildman–Crippen LogP) is 5.37. The smallest absolute Gasteiger partial charge is 0.141 e. The van der Waals surface area contributed by atoms with E-state index in [1.54, 1.807) is 12.1 Å². The Morgan fingerprint density at radius 1 is 1.36 bits per heavy atom. The number of amidine groups is 1. The fourth-order valence-corrected chi connectivity index (χ4v) is 5.34. The first-order valence-corrected chi connectivity index (χ1v) is 12.0. The number of halogens is 3. The van der Waals surface area contributed by atoms with Crippen molar-refractivity contribution < 1.29 is 13.9 Å². The number of aryl methyl sites for hydroxylation is 1. The monoisotopic (exact) mass is 514 g/mol. The summed E-state index contributed by atoms with van der Waals surface area (Å²) in [5.41, 5.74) is 2.99. The topological polar surface area (TPSA) is 42.9 Å². The number of benzene rings is 2. The molecule has 0 amide bonds. The lowest BCUT2D eigenvalue weighted by Crippen LogP contribution is -2.20. The van der Waals surface area contributed by atoms with Gasteiger partial charge < -0.3 is 14.8 Å². The largest absolute Gasteiger partial charge is 0.488 e. The number of nitrogens with zero attached hydrogens (tertiary/aromatic N) is 1. The molecule has 1 N–H and O–H groups in total. The summed E-state index contributed by atoms with van der Waals surface area (Å²) in [7, 11) is 0. The summed E-state index contributed by atoms with van der Waals surface area (Å²) < 4.78 is 28.4. The molecule has 2 aliphatic rings. The van der Waals surface area contributed by atoms with Gasteiger partial charge in [-0.1, -0.05) is 45.7 Å². The van der Waals surface area contributed by atoms with Crippen LogP contribution < -0.4 is 10.1 Å². The molecular weight excluding hydrogens is 494 g/mol. The number of anilines is 1. The minimum atomic E-state index is -0.432. The van der Waals surface area contributed by atoms with Crippen LogP contribution in [-0.4, -0.2) is 29.3 Å². The first kappa shape index (κ1) is 19.8. The molecule has 0 radical (unpaired) electrons. The zero-order valence-corrected chi connectivity index (χ0v) is 18.4. The van der Waals surface area contributed by atoms with Crippen LogP contribution in [0.4, 0.5) is 10.1 Å². The highest BCUT2D eigenvalue weighted by Gasteiger charge is 2.21. The zero-order valence-electron chi connectivity index (χ0n) is 15.5. The summed E-state index contributed by atoms with van der Waals surface area (Å²) in [4.78, 5) is 4.58. The molecule has 2 aliphatic heterocycles. The molecule has 0 saturated carbocycles. The molecule has 4 rings (SSSR count). The standard InChI is InChI=1S/C21H21ClFIN2O2/c1-2-3-13-8-16-19(10-20(13)28-15-6-7-27-11-15)24-12-25-21(16)26-14-4-5-18(23)17(22)9-14/h4-5,8-10,12,15H,2-3,6-7,11H2,1H3,(H,25,26). The van der Waals surface area contributed by atoms with E-state index in [9.17, 15) is 4.39 Å². The Bertz CT molecular complexity index is 942. The molecule has 2 aromatic rings. The van der Waals surface area contributed by atoms with Crippen LogP contribution in [0.3, 0.4) is 0 Å². The third kappa shape index (κ3) is 4.39. The van der Waals surface area contributed by atoms with Crippen molar-refractivity contribution in [3.63, 3.8) is 0 Å². The predicted molar refractivity (Wildman–Crippen MR) is 121 cm³/mol. The third-order valence-corrected chi connectivity index (χ3v) is 7.04. The maximum atomic E-state index is 13.5. The summed E-state index contributed by atoms with van der Waals surface area (Å²) in [6, 6.07) is 8.96. The molecule has 4 nitrogen and oxygen atoms in total. The molecular formula is C21H21ClFIN2O2. The molecule has 7 heteroatoms. The van der Waals surface area contributed by atoms with Crippen molar-refractivity contribution in [2.75, 3.05) is 18.5 Å². The maximum Gasteiger partial charge on any atom is 0.141 e. The van der Waals surface area contributed by atoms with Crippen LogP contribution in [0.1, 0.15) is 30.9 Å². The van der Waals surface area contributed by atoms with E-state index >= 15 is 0 Å². The Kier molecular flexibility index (Phi) is 6.28. The second-order valence-electron chi connectivity index (χ2n) is 6.73. The highest BCUT2D eigenvalue weighted by molar-refractivity contribution is 14.2. The second-order valence-corrected chi connectivity index (χ2v) is 9.48. The Morgan fingerprint density at radius 3 is 3.00 bits per heavy atom. The van der Waals surface area contributed by atoms with Crippen molar-refractivity contribution in [2.24, 2.45) is 4.99 Å². The van der Waals surface area contributed by atoms with Gasteiger partial charge in [-0.3, -0.25) is 0 Å². The molecule has 1 saturated heterocycles. The number of rotatable bonds is 5. The normalized spacial score (nSPS) is 18.2. The second kappa shape index (κ2) is 8.88. The molecule has 1 fully saturated rings. The average Bonchev–Trinajstić information content (AvgIpc) is 3.19. The maximum absolute atomic E-state index is 13.5. The molecule has 28 heavy (non-hydrogen) atoms. The minimum absolute atomic E-state index is 0.0900. The van der Waals surface area contributed by atoms with Crippen LogP contribution in [0.15, 0.2) is 35.3 Å². The number of ether oxygens (including phenoxy) is 2. The van der Waals surface area contributed by atoms with Crippen LogP contribution in [-0.2, 0) is 11.2 Å². The number of nitrogens with one attached hydrogen (secondary N) is 1. The Balaban J connectivity index is 1.64. The summed E-state index contributed by atoms with van der Waals surface area (Å²) in [5, 5.41) is 3.38. The molecule has 1 atom stereocenters. The molecule has 0 aliphatic carbocycles. The molecule has 0 spiro atoms. The molecule has 1 unspecified atom stereocenters. The number of hydrogen-bond donors (Lipinski definition) is 1. The van der Waals surface area contributed by atoms with Crippen molar-refractivity contribution >= 4 is 48.0 Å². The molecule has 0 bridgehead atoms. The quantitative estimate of drug-likeness (QED) is 0.546. The van der Waals surface area contributed by atoms with Crippen molar-refractivity contribution in [1.29, 1.82) is 0 Å². The summed E-state index contributed by atoms with van der Waals surface area (Å²) in [5.74, 6) is 1.30. The SMILES string of the molecule is CCCc1cc2c(cc1OC1CCOC1)I=CN=C2Nc1ccc(F)c(Cl)c1. The van der Waals surface area contributed by atoms with Gasteiger partial charge in [0.15, 0.2) is 0 Å². The van der Waals surface area contributed by atoms with Crippen molar-refractivity contribution in [1.82, 2.24) is 0 Å². The lowest BCUT2D eigenvalue weighted by molar-refractivity contribution is 0.140. The molecule has 148 valence electrons. The fraction of sp³-hybridized carbons (Fsp3) is 0.333. The van der Waals surface area contributed by atoms with E-state index in [4.69, 9.17) is 21.1 Å². The number of fused-ring (bicyclic) bond motifs is 1. The van der Waals surface area contributed by atoms with Gasteiger partial charge in [-0.25, -0.2) is 9.38 Å². The van der Waals surface area contributed by atoms with Gasteiger partial charge in [-0.2, -0.15) is 0 Å². The number of hydrogen-bond acceptors (Lipinski definition) is 4. The Hall–Kier alpha value is -1.51. The van der Waals surface area contributed by atoms with Crippen LogP contribution >= 0.6 is 32.3 Å². The van der Waals surface area contributed by atoms with E-state index in [2.05, 4.69) is 29.4 Å². The van der Waals surface area contributed by atoms with E-state index in [1.807, 2.05) is 4.14 Å². The van der Waals surface area contributed by atoms with Crippen molar-refractivity contribution in [2.45, 2.75) is 32.3 Å².